The molecule has 1 aromatic carbocycles. The standard InChI is InChI=1S/C23H23FN6O2/c1-14-19(21(31)27-13-23(2,32)11-15-3-5-18(24)6-4-15)9-17(12-26-14)16-7-8-30-20(10-16)28-22(25)29-30/h3-10,12,32H,11,13H2,1-2H3,(H2,25,29)(H,27,31). The third-order valence-corrected chi connectivity index (χ3v) is 5.15. The number of hydrogen-bond donors (Lipinski definition) is 3. The number of fused-ring (bicyclic) bond motifs is 1. The van der Waals surface area contributed by atoms with E-state index in [-0.39, 0.29) is 30.6 Å². The van der Waals surface area contributed by atoms with E-state index in [4.69, 9.17) is 5.73 Å². The molecule has 0 aliphatic carbocycles. The van der Waals surface area contributed by atoms with Gasteiger partial charge >= 0.3 is 0 Å². The predicted octanol–water partition coefficient (Wildman–Crippen LogP) is 2.54. The summed E-state index contributed by atoms with van der Waals surface area (Å²) in [7, 11) is 0. The van der Waals surface area contributed by atoms with Crippen molar-refractivity contribution in [3.05, 3.63) is 77.5 Å². The Bertz CT molecular complexity index is 1280. The first-order valence-electron chi connectivity index (χ1n) is 10.0. The van der Waals surface area contributed by atoms with Crippen LogP contribution >= 0.6 is 0 Å². The minimum Gasteiger partial charge on any atom is -0.388 e. The van der Waals surface area contributed by atoms with Crippen molar-refractivity contribution in [2.45, 2.75) is 25.9 Å². The number of anilines is 1. The van der Waals surface area contributed by atoms with Crippen LogP contribution in [0.15, 0.2) is 54.9 Å². The summed E-state index contributed by atoms with van der Waals surface area (Å²) in [4.78, 5) is 21.4. The molecule has 3 heterocycles. The molecule has 0 fully saturated rings. The molecule has 0 saturated carbocycles. The first-order chi connectivity index (χ1) is 15.2. The molecule has 0 radical (unpaired) electrons. The van der Waals surface area contributed by atoms with Crippen molar-refractivity contribution in [1.29, 1.82) is 0 Å². The van der Waals surface area contributed by atoms with E-state index in [0.717, 1.165) is 16.7 Å². The average molecular weight is 434 g/mol. The lowest BCUT2D eigenvalue weighted by Crippen LogP contribution is -2.42. The molecule has 4 aromatic rings. The van der Waals surface area contributed by atoms with Gasteiger partial charge in [-0.3, -0.25) is 9.78 Å². The van der Waals surface area contributed by atoms with Crippen LogP contribution in [-0.4, -0.2) is 42.7 Å². The number of hydrogen-bond acceptors (Lipinski definition) is 6. The van der Waals surface area contributed by atoms with Crippen LogP contribution in [0.4, 0.5) is 10.3 Å². The largest absolute Gasteiger partial charge is 0.388 e. The topological polar surface area (TPSA) is 118 Å². The maximum Gasteiger partial charge on any atom is 0.253 e. The van der Waals surface area contributed by atoms with Crippen molar-refractivity contribution in [1.82, 2.24) is 24.9 Å². The van der Waals surface area contributed by atoms with Gasteiger partial charge in [-0.15, -0.1) is 5.10 Å². The van der Waals surface area contributed by atoms with E-state index in [9.17, 15) is 14.3 Å². The first-order valence-corrected chi connectivity index (χ1v) is 10.0. The quantitative estimate of drug-likeness (QED) is 0.429. The maximum absolute atomic E-state index is 13.1. The molecule has 8 nitrogen and oxygen atoms in total. The molecule has 0 aliphatic rings. The van der Waals surface area contributed by atoms with Crippen molar-refractivity contribution in [3.8, 4) is 11.1 Å². The Hall–Kier alpha value is -3.85. The Morgan fingerprint density at radius 2 is 1.97 bits per heavy atom. The highest BCUT2D eigenvalue weighted by atomic mass is 19.1. The Balaban J connectivity index is 1.49. The van der Waals surface area contributed by atoms with E-state index in [1.165, 1.54) is 12.1 Å². The van der Waals surface area contributed by atoms with Crippen molar-refractivity contribution in [2.75, 3.05) is 12.3 Å². The fourth-order valence-electron chi connectivity index (χ4n) is 3.47. The lowest BCUT2D eigenvalue weighted by atomic mass is 9.96. The van der Waals surface area contributed by atoms with Crippen molar-refractivity contribution in [2.24, 2.45) is 0 Å². The number of amides is 1. The molecule has 1 atom stereocenters. The predicted molar refractivity (Wildman–Crippen MR) is 118 cm³/mol. The molecule has 0 saturated heterocycles. The summed E-state index contributed by atoms with van der Waals surface area (Å²) in [6, 6.07) is 11.3. The van der Waals surface area contributed by atoms with Crippen LogP contribution in [0, 0.1) is 12.7 Å². The highest BCUT2D eigenvalue weighted by Crippen LogP contribution is 2.22. The molecule has 0 spiro atoms. The monoisotopic (exact) mass is 434 g/mol. The zero-order valence-corrected chi connectivity index (χ0v) is 17.7. The van der Waals surface area contributed by atoms with Crippen LogP contribution < -0.4 is 11.1 Å². The summed E-state index contributed by atoms with van der Waals surface area (Å²) in [5.41, 5.74) is 8.32. The summed E-state index contributed by atoms with van der Waals surface area (Å²) in [5, 5.41) is 17.5. The molecule has 0 aliphatic heterocycles. The first kappa shape index (κ1) is 21.4. The average Bonchev–Trinajstić information content (AvgIpc) is 3.13. The van der Waals surface area contributed by atoms with Crippen LogP contribution in [-0.2, 0) is 6.42 Å². The van der Waals surface area contributed by atoms with Crippen LogP contribution in [0.5, 0.6) is 0 Å². The number of benzene rings is 1. The minimum absolute atomic E-state index is 0.0257. The van der Waals surface area contributed by atoms with Gasteiger partial charge in [0.15, 0.2) is 5.65 Å². The zero-order valence-electron chi connectivity index (χ0n) is 17.7. The smallest absolute Gasteiger partial charge is 0.253 e. The lowest BCUT2D eigenvalue weighted by Gasteiger charge is -2.24. The van der Waals surface area contributed by atoms with Gasteiger partial charge in [0.25, 0.3) is 5.91 Å². The molecule has 32 heavy (non-hydrogen) atoms. The summed E-state index contributed by atoms with van der Waals surface area (Å²) >= 11 is 0. The van der Waals surface area contributed by atoms with Crippen molar-refractivity contribution in [3.63, 3.8) is 0 Å². The second kappa shape index (κ2) is 8.35. The van der Waals surface area contributed by atoms with Crippen LogP contribution in [0.1, 0.15) is 28.5 Å². The number of nitrogens with one attached hydrogen (secondary N) is 1. The van der Waals surface area contributed by atoms with E-state index in [1.54, 1.807) is 49.0 Å². The highest BCUT2D eigenvalue weighted by molar-refractivity contribution is 5.96. The van der Waals surface area contributed by atoms with Gasteiger partial charge in [-0.1, -0.05) is 12.1 Å². The molecular weight excluding hydrogens is 411 g/mol. The van der Waals surface area contributed by atoms with Gasteiger partial charge in [-0.2, -0.15) is 4.98 Å². The molecule has 1 unspecified atom stereocenters. The minimum atomic E-state index is -1.20. The van der Waals surface area contributed by atoms with Crippen molar-refractivity contribution < 1.29 is 14.3 Å². The van der Waals surface area contributed by atoms with E-state index in [2.05, 4.69) is 20.4 Å². The second-order valence-corrected chi connectivity index (χ2v) is 8.03. The number of aryl methyl sites for hydroxylation is 1. The highest BCUT2D eigenvalue weighted by Gasteiger charge is 2.23. The lowest BCUT2D eigenvalue weighted by molar-refractivity contribution is 0.0552. The number of halogens is 1. The summed E-state index contributed by atoms with van der Waals surface area (Å²) in [6.45, 7) is 3.40. The molecule has 4 rings (SSSR count). The Kier molecular flexibility index (Phi) is 5.58. The summed E-state index contributed by atoms with van der Waals surface area (Å²) in [6.07, 6.45) is 3.69. The number of nitrogens with zero attached hydrogens (tertiary/aromatic N) is 4. The number of aliphatic hydroxyl groups is 1. The van der Waals surface area contributed by atoms with E-state index in [0.29, 0.717) is 16.9 Å². The number of nitrogen functional groups attached to an aromatic ring is 1. The number of nitrogens with two attached hydrogens (primary N) is 1. The molecular formula is C23H23FN6O2. The number of rotatable bonds is 6. The molecule has 4 N–H and O–H groups in total. The van der Waals surface area contributed by atoms with Crippen molar-refractivity contribution >= 4 is 17.5 Å². The summed E-state index contributed by atoms with van der Waals surface area (Å²) in [5.74, 6) is -0.503. The molecule has 9 heteroatoms. The molecule has 164 valence electrons. The van der Waals surface area contributed by atoms with Gasteiger partial charge in [-0.25, -0.2) is 8.91 Å². The van der Waals surface area contributed by atoms with Gasteiger partial charge in [0, 0.05) is 30.9 Å². The third kappa shape index (κ3) is 4.73. The van der Waals surface area contributed by atoms with Crippen LogP contribution in [0.3, 0.4) is 0 Å². The third-order valence-electron chi connectivity index (χ3n) is 5.15. The van der Waals surface area contributed by atoms with Crippen LogP contribution in [0.25, 0.3) is 16.8 Å². The van der Waals surface area contributed by atoms with Gasteiger partial charge < -0.3 is 16.2 Å². The Morgan fingerprint density at radius 3 is 2.72 bits per heavy atom. The van der Waals surface area contributed by atoms with E-state index in [1.807, 2.05) is 12.1 Å². The SMILES string of the molecule is Cc1ncc(-c2ccn3nc(N)nc3c2)cc1C(=O)NCC(C)(O)Cc1ccc(F)cc1. The molecule has 3 aromatic heterocycles. The van der Waals surface area contributed by atoms with E-state index < -0.39 is 5.60 Å². The summed E-state index contributed by atoms with van der Waals surface area (Å²) < 4.78 is 14.7. The number of carbonyl (C=O) groups is 1. The second-order valence-electron chi connectivity index (χ2n) is 8.03. The Labute approximate surface area is 183 Å². The molecule has 1 amide bonds. The van der Waals surface area contributed by atoms with Gasteiger partial charge in [0.05, 0.1) is 16.9 Å². The number of pyridine rings is 2. The normalized spacial score (nSPS) is 13.1. The Morgan fingerprint density at radius 1 is 1.22 bits per heavy atom. The zero-order chi connectivity index (χ0) is 22.9. The van der Waals surface area contributed by atoms with Gasteiger partial charge in [0.1, 0.15) is 5.82 Å². The molecule has 0 bridgehead atoms. The number of carbonyl (C=O) groups excluding carboxylic acids is 1. The maximum atomic E-state index is 13.1. The van der Waals surface area contributed by atoms with Crippen LogP contribution in [0.2, 0.25) is 0 Å². The van der Waals surface area contributed by atoms with Gasteiger partial charge in [0.2, 0.25) is 5.95 Å². The van der Waals surface area contributed by atoms with E-state index >= 15 is 0 Å². The fraction of sp³-hybridized carbons (Fsp3) is 0.217. The van der Waals surface area contributed by atoms with Gasteiger partial charge in [-0.05, 0) is 55.3 Å². The fourth-order valence-corrected chi connectivity index (χ4v) is 3.47. The number of aromatic nitrogens is 4.